The van der Waals surface area contributed by atoms with Gasteiger partial charge in [0.25, 0.3) is 0 Å². The number of nitrogens with two attached hydrogens (primary N) is 1. The van der Waals surface area contributed by atoms with Crippen molar-refractivity contribution in [3.05, 3.63) is 53.8 Å². The molecule has 21 heavy (non-hydrogen) atoms. The van der Waals surface area contributed by atoms with Crippen molar-refractivity contribution in [3.63, 3.8) is 0 Å². The molecule has 1 aliphatic heterocycles. The summed E-state index contributed by atoms with van der Waals surface area (Å²) in [6.45, 7) is 3.21. The lowest BCUT2D eigenvalue weighted by Crippen LogP contribution is -2.22. The maximum absolute atomic E-state index is 14.5. The zero-order valence-electron chi connectivity index (χ0n) is 12.1. The molecule has 3 nitrogen and oxygen atoms in total. The summed E-state index contributed by atoms with van der Waals surface area (Å²) < 4.78 is 20.2. The maximum Gasteiger partial charge on any atom is 0.147 e. The average Bonchev–Trinajstić information content (AvgIpc) is 2.69. The minimum Gasteiger partial charge on any atom is -0.491 e. The minimum absolute atomic E-state index is 0.230. The number of anilines is 2. The Hall–Kier alpha value is -2.07. The van der Waals surface area contributed by atoms with Gasteiger partial charge in [-0.05, 0) is 37.1 Å². The van der Waals surface area contributed by atoms with Gasteiger partial charge in [-0.25, -0.2) is 4.39 Å². The van der Waals surface area contributed by atoms with Gasteiger partial charge in [-0.2, -0.15) is 0 Å². The summed E-state index contributed by atoms with van der Waals surface area (Å²) in [5.74, 6) is 0.537. The van der Waals surface area contributed by atoms with Crippen LogP contribution in [-0.4, -0.2) is 13.2 Å². The van der Waals surface area contributed by atoms with Crippen molar-refractivity contribution >= 4 is 11.4 Å². The van der Waals surface area contributed by atoms with Gasteiger partial charge in [-0.3, -0.25) is 0 Å². The maximum atomic E-state index is 14.5. The molecular formula is C17H19FN2O. The molecular weight excluding hydrogens is 267 g/mol. The molecule has 1 aliphatic rings. The van der Waals surface area contributed by atoms with E-state index < -0.39 is 0 Å². The number of benzene rings is 2. The van der Waals surface area contributed by atoms with Gasteiger partial charge in [0.2, 0.25) is 0 Å². The predicted octanol–water partition coefficient (Wildman–Crippen LogP) is 3.77. The summed E-state index contributed by atoms with van der Waals surface area (Å²) in [5, 5.41) is 0. The molecule has 1 heterocycles. The van der Waals surface area contributed by atoms with Crippen molar-refractivity contribution in [2.24, 2.45) is 5.73 Å². The first-order valence-electron chi connectivity index (χ1n) is 7.22. The molecule has 0 unspecified atom stereocenters. The highest BCUT2D eigenvalue weighted by Crippen LogP contribution is 2.39. The van der Waals surface area contributed by atoms with Crippen molar-refractivity contribution in [2.45, 2.75) is 19.4 Å². The minimum atomic E-state index is -0.249. The Kier molecular flexibility index (Phi) is 3.80. The third-order valence-corrected chi connectivity index (χ3v) is 3.72. The van der Waals surface area contributed by atoms with Gasteiger partial charge >= 0.3 is 0 Å². The van der Waals surface area contributed by atoms with Crippen molar-refractivity contribution in [1.82, 2.24) is 0 Å². The van der Waals surface area contributed by atoms with E-state index in [9.17, 15) is 4.39 Å². The number of hydrogen-bond acceptors (Lipinski definition) is 3. The molecule has 4 heteroatoms. The predicted molar refractivity (Wildman–Crippen MR) is 82.6 cm³/mol. The van der Waals surface area contributed by atoms with Crippen LogP contribution in [0.25, 0.3) is 0 Å². The molecule has 0 amide bonds. The molecule has 2 N–H and O–H groups in total. The lowest BCUT2D eigenvalue weighted by molar-refractivity contribution is 0.322. The summed E-state index contributed by atoms with van der Waals surface area (Å²) in [7, 11) is 0. The molecule has 2 aromatic carbocycles. The van der Waals surface area contributed by atoms with Gasteiger partial charge in [0.1, 0.15) is 11.6 Å². The smallest absolute Gasteiger partial charge is 0.147 e. The van der Waals surface area contributed by atoms with Crippen molar-refractivity contribution in [2.75, 3.05) is 18.1 Å². The number of ether oxygens (including phenoxy) is 1. The highest BCUT2D eigenvalue weighted by molar-refractivity contribution is 5.72. The standard InChI is InChI=1S/C17H19FN2O/c1-12(19)13-6-4-7-14(18)17(13)20-10-5-11-21-16-9-3-2-8-15(16)20/h2-4,6-9,12H,5,10-11,19H2,1H3/t12-/m1/s1. The van der Waals surface area contributed by atoms with Gasteiger partial charge < -0.3 is 15.4 Å². The largest absolute Gasteiger partial charge is 0.491 e. The van der Waals surface area contributed by atoms with E-state index in [4.69, 9.17) is 10.5 Å². The van der Waals surface area contributed by atoms with Crippen LogP contribution >= 0.6 is 0 Å². The third-order valence-electron chi connectivity index (χ3n) is 3.72. The highest BCUT2D eigenvalue weighted by atomic mass is 19.1. The molecule has 0 aliphatic carbocycles. The van der Waals surface area contributed by atoms with Crippen molar-refractivity contribution < 1.29 is 9.13 Å². The van der Waals surface area contributed by atoms with E-state index in [0.29, 0.717) is 18.8 Å². The van der Waals surface area contributed by atoms with Crippen LogP contribution in [-0.2, 0) is 0 Å². The zero-order chi connectivity index (χ0) is 14.8. The Morgan fingerprint density at radius 1 is 1.19 bits per heavy atom. The van der Waals surface area contributed by atoms with E-state index in [1.165, 1.54) is 6.07 Å². The first-order chi connectivity index (χ1) is 10.2. The fourth-order valence-electron chi connectivity index (χ4n) is 2.74. The van der Waals surface area contributed by atoms with Crippen LogP contribution in [0.15, 0.2) is 42.5 Å². The van der Waals surface area contributed by atoms with Crippen molar-refractivity contribution in [1.29, 1.82) is 0 Å². The monoisotopic (exact) mass is 286 g/mol. The lowest BCUT2D eigenvalue weighted by Gasteiger charge is -2.27. The Labute approximate surface area is 124 Å². The molecule has 3 rings (SSSR count). The summed E-state index contributed by atoms with van der Waals surface area (Å²) in [6.07, 6.45) is 0.835. The molecule has 0 aromatic heterocycles. The number of para-hydroxylation sites is 3. The van der Waals surface area contributed by atoms with Crippen molar-refractivity contribution in [3.8, 4) is 5.75 Å². The van der Waals surface area contributed by atoms with E-state index in [2.05, 4.69) is 0 Å². The van der Waals surface area contributed by atoms with Gasteiger partial charge in [-0.15, -0.1) is 0 Å². The summed E-state index contributed by atoms with van der Waals surface area (Å²) in [5.41, 5.74) is 8.29. The SMILES string of the molecule is C[C@@H](N)c1cccc(F)c1N1CCCOc2ccccc21. The van der Waals surface area contributed by atoms with E-state index in [1.54, 1.807) is 6.07 Å². The van der Waals surface area contributed by atoms with Crippen LogP contribution in [0.1, 0.15) is 24.9 Å². The Morgan fingerprint density at radius 2 is 2.00 bits per heavy atom. The van der Waals surface area contributed by atoms with Crippen LogP contribution in [0, 0.1) is 5.82 Å². The fourth-order valence-corrected chi connectivity index (χ4v) is 2.74. The molecule has 0 spiro atoms. The highest BCUT2D eigenvalue weighted by Gasteiger charge is 2.23. The molecule has 1 atom stereocenters. The third kappa shape index (κ3) is 2.59. The van der Waals surface area contributed by atoms with Crippen LogP contribution in [0.4, 0.5) is 15.8 Å². The average molecular weight is 286 g/mol. The second-order valence-corrected chi connectivity index (χ2v) is 5.29. The summed E-state index contributed by atoms with van der Waals surface area (Å²) in [6, 6.07) is 12.6. The van der Waals surface area contributed by atoms with E-state index in [1.807, 2.05) is 42.2 Å². The van der Waals surface area contributed by atoms with Gasteiger partial charge in [0, 0.05) is 12.6 Å². The Bertz CT molecular complexity index is 642. The van der Waals surface area contributed by atoms with Gasteiger partial charge in [-0.1, -0.05) is 24.3 Å². The zero-order valence-corrected chi connectivity index (χ0v) is 12.1. The summed E-state index contributed by atoms with van der Waals surface area (Å²) in [4.78, 5) is 1.98. The second-order valence-electron chi connectivity index (χ2n) is 5.29. The molecule has 0 bridgehead atoms. The second kappa shape index (κ2) is 5.74. The first kappa shape index (κ1) is 13.9. The molecule has 0 saturated heterocycles. The summed E-state index contributed by atoms with van der Waals surface area (Å²) >= 11 is 0. The van der Waals surface area contributed by atoms with Crippen LogP contribution in [0.5, 0.6) is 5.75 Å². The number of rotatable bonds is 2. The molecule has 0 saturated carbocycles. The molecule has 110 valence electrons. The van der Waals surface area contributed by atoms with Crippen LogP contribution in [0.2, 0.25) is 0 Å². The normalized spacial score (nSPS) is 15.9. The number of halogens is 1. The quantitative estimate of drug-likeness (QED) is 0.913. The van der Waals surface area contributed by atoms with Gasteiger partial charge in [0.15, 0.2) is 0 Å². The first-order valence-corrected chi connectivity index (χ1v) is 7.22. The number of nitrogens with zero attached hydrogens (tertiary/aromatic N) is 1. The Morgan fingerprint density at radius 3 is 2.81 bits per heavy atom. The number of fused-ring (bicyclic) bond motifs is 1. The van der Waals surface area contributed by atoms with Crippen LogP contribution in [0.3, 0.4) is 0 Å². The molecule has 0 fully saturated rings. The van der Waals surface area contributed by atoms with E-state index >= 15 is 0 Å². The van der Waals surface area contributed by atoms with E-state index in [-0.39, 0.29) is 11.9 Å². The van der Waals surface area contributed by atoms with Crippen LogP contribution < -0.4 is 15.4 Å². The topological polar surface area (TPSA) is 38.5 Å². The van der Waals surface area contributed by atoms with E-state index in [0.717, 1.165) is 23.4 Å². The number of hydrogen-bond donors (Lipinski definition) is 1. The molecule has 2 aromatic rings. The molecule has 0 radical (unpaired) electrons. The van der Waals surface area contributed by atoms with Gasteiger partial charge in [0.05, 0.1) is 18.0 Å². The lowest BCUT2D eigenvalue weighted by atomic mass is 10.0. The Balaban J connectivity index is 2.17. The fraction of sp³-hybridized carbons (Fsp3) is 0.294.